The first kappa shape index (κ1) is 10.5. The van der Waals surface area contributed by atoms with E-state index in [4.69, 9.17) is 4.74 Å². The third-order valence-corrected chi connectivity index (χ3v) is 2.09. The Labute approximate surface area is 75.3 Å². The Morgan fingerprint density at radius 1 is 1.30 bits per heavy atom. The molecule has 0 aliphatic carbocycles. The van der Waals surface area contributed by atoms with Crippen LogP contribution in [0.1, 0.15) is 12.8 Å². The molecule has 0 aromatic rings. The van der Waals surface area contributed by atoms with E-state index in [1.807, 2.05) is 0 Å². The fourth-order valence-corrected chi connectivity index (χ4v) is 1.54. The Morgan fingerprint density at radius 3 is 2.20 bits per heavy atom. The Hall–Kier alpha value is 0.517. The summed E-state index contributed by atoms with van der Waals surface area (Å²) in [5.74, 6) is 0. The molecule has 0 saturated carbocycles. The summed E-state index contributed by atoms with van der Waals surface area (Å²) in [5.41, 5.74) is 0. The van der Waals surface area contributed by atoms with Crippen molar-refractivity contribution < 1.29 is 9.22 Å². The molecule has 56 valence electrons. The first-order chi connectivity index (χ1) is 4.27. The molecular formula is C7H17LiNO+. The number of likely N-dealkylation sites (tertiary alicyclic amines) is 1. The van der Waals surface area contributed by atoms with E-state index in [1.54, 1.807) is 7.11 Å². The van der Waals surface area contributed by atoms with Gasteiger partial charge in [-0.05, 0) is 0 Å². The molecule has 1 aliphatic rings. The van der Waals surface area contributed by atoms with Crippen molar-refractivity contribution in [1.29, 1.82) is 0 Å². The molecule has 1 heterocycles. The molecular weight excluding hydrogens is 121 g/mol. The molecule has 1 fully saturated rings. The second kappa shape index (κ2) is 4.41. The molecule has 2 nitrogen and oxygen atoms in total. The number of ether oxygens (including phenoxy) is 1. The second-order valence-corrected chi connectivity index (χ2v) is 3.19. The van der Waals surface area contributed by atoms with E-state index in [2.05, 4.69) is 7.05 Å². The van der Waals surface area contributed by atoms with Gasteiger partial charge in [0.25, 0.3) is 0 Å². The van der Waals surface area contributed by atoms with Crippen LogP contribution >= 0.6 is 0 Å². The molecule has 0 aromatic heterocycles. The molecule has 0 amide bonds. The molecule has 0 N–H and O–H groups in total. The van der Waals surface area contributed by atoms with Crippen molar-refractivity contribution in [2.24, 2.45) is 0 Å². The summed E-state index contributed by atoms with van der Waals surface area (Å²) in [6, 6.07) is 0. The molecule has 3 heteroatoms. The van der Waals surface area contributed by atoms with Gasteiger partial charge in [-0.25, -0.2) is 0 Å². The van der Waals surface area contributed by atoms with Crippen LogP contribution in [0.25, 0.3) is 0 Å². The summed E-state index contributed by atoms with van der Waals surface area (Å²) in [5, 5.41) is 0. The van der Waals surface area contributed by atoms with Gasteiger partial charge in [0.05, 0.1) is 20.1 Å². The Bertz CT molecular complexity index is 91.6. The Kier molecular flexibility index (Phi) is 4.63. The maximum atomic E-state index is 5.10. The molecule has 0 atom stereocenters. The second-order valence-electron chi connectivity index (χ2n) is 3.19. The summed E-state index contributed by atoms with van der Waals surface area (Å²) in [4.78, 5) is 0. The van der Waals surface area contributed by atoms with Crippen molar-refractivity contribution in [2.75, 3.05) is 34.0 Å². The standard InChI is InChI=1S/C7H16NO.Li.H/c1-8(7-9-2)5-3-4-6-8;;/h3-7H2,1-2H3;;/q+1;;. The van der Waals surface area contributed by atoms with E-state index in [0.717, 1.165) is 11.2 Å². The number of quaternary nitrogens is 1. The summed E-state index contributed by atoms with van der Waals surface area (Å²) in [6.07, 6.45) is 2.75. The van der Waals surface area contributed by atoms with Crippen molar-refractivity contribution in [3.05, 3.63) is 0 Å². The van der Waals surface area contributed by atoms with Crippen LogP contribution in [0.5, 0.6) is 0 Å². The summed E-state index contributed by atoms with van der Waals surface area (Å²) < 4.78 is 6.22. The van der Waals surface area contributed by atoms with Crippen molar-refractivity contribution in [1.82, 2.24) is 0 Å². The van der Waals surface area contributed by atoms with Gasteiger partial charge in [-0.3, -0.25) is 0 Å². The van der Waals surface area contributed by atoms with Crippen molar-refractivity contribution >= 4 is 18.9 Å². The Morgan fingerprint density at radius 2 is 1.80 bits per heavy atom. The topological polar surface area (TPSA) is 9.23 Å². The monoisotopic (exact) mass is 138 g/mol. The van der Waals surface area contributed by atoms with Gasteiger partial charge in [0.15, 0.2) is 6.73 Å². The third-order valence-electron chi connectivity index (χ3n) is 2.09. The van der Waals surface area contributed by atoms with Crippen molar-refractivity contribution in [3.63, 3.8) is 0 Å². The van der Waals surface area contributed by atoms with Gasteiger partial charge in [-0.15, -0.1) is 0 Å². The zero-order chi connectivity index (χ0) is 6.74. The zero-order valence-electron chi connectivity index (χ0n) is 6.39. The Balaban J connectivity index is 0.000000810. The van der Waals surface area contributed by atoms with E-state index < -0.39 is 0 Å². The molecule has 1 saturated heterocycles. The molecule has 10 heavy (non-hydrogen) atoms. The molecule has 0 spiro atoms. The predicted molar refractivity (Wildman–Crippen MR) is 44.2 cm³/mol. The van der Waals surface area contributed by atoms with Crippen LogP contribution in [0.2, 0.25) is 0 Å². The SMILES string of the molecule is COC[N+]1(C)CCCC1.[LiH]. The fourth-order valence-electron chi connectivity index (χ4n) is 1.54. The minimum atomic E-state index is 0. The van der Waals surface area contributed by atoms with Crippen LogP contribution in [-0.2, 0) is 4.74 Å². The van der Waals surface area contributed by atoms with Crippen LogP contribution < -0.4 is 0 Å². The van der Waals surface area contributed by atoms with Gasteiger partial charge in [0.1, 0.15) is 0 Å². The van der Waals surface area contributed by atoms with E-state index in [1.165, 1.54) is 25.9 Å². The van der Waals surface area contributed by atoms with Gasteiger partial charge < -0.3 is 9.22 Å². The summed E-state index contributed by atoms with van der Waals surface area (Å²) in [6.45, 7) is 3.49. The average molecular weight is 138 g/mol. The maximum absolute atomic E-state index is 5.10. The van der Waals surface area contributed by atoms with Crippen LogP contribution in [0.3, 0.4) is 0 Å². The first-order valence-electron chi connectivity index (χ1n) is 3.59. The number of nitrogens with zero attached hydrogens (tertiary/aromatic N) is 1. The van der Waals surface area contributed by atoms with Gasteiger partial charge in [-0.1, -0.05) is 0 Å². The van der Waals surface area contributed by atoms with Crippen LogP contribution in [0, 0.1) is 0 Å². The quantitative estimate of drug-likeness (QED) is 0.391. The number of hydrogen-bond donors (Lipinski definition) is 0. The zero-order valence-corrected chi connectivity index (χ0v) is 6.39. The minimum absolute atomic E-state index is 0. The summed E-state index contributed by atoms with van der Waals surface area (Å²) in [7, 11) is 4.04. The van der Waals surface area contributed by atoms with Gasteiger partial charge in [0.2, 0.25) is 0 Å². The molecule has 1 rings (SSSR count). The van der Waals surface area contributed by atoms with Crippen LogP contribution in [0.4, 0.5) is 0 Å². The van der Waals surface area contributed by atoms with Gasteiger partial charge in [0, 0.05) is 20.0 Å². The van der Waals surface area contributed by atoms with Crippen molar-refractivity contribution in [3.8, 4) is 0 Å². The molecule has 0 bridgehead atoms. The predicted octanol–water partition coefficient (Wildman–Crippen LogP) is 0.182. The van der Waals surface area contributed by atoms with Crippen LogP contribution in [-0.4, -0.2) is 57.3 Å². The van der Waals surface area contributed by atoms with E-state index in [0.29, 0.717) is 0 Å². The van der Waals surface area contributed by atoms with Crippen molar-refractivity contribution in [2.45, 2.75) is 12.8 Å². The fraction of sp³-hybridized carbons (Fsp3) is 1.00. The molecule has 1 aliphatic heterocycles. The van der Waals surface area contributed by atoms with Crippen LogP contribution in [0.15, 0.2) is 0 Å². The average Bonchev–Trinajstić information content (AvgIpc) is 2.16. The van der Waals surface area contributed by atoms with E-state index >= 15 is 0 Å². The molecule has 0 radical (unpaired) electrons. The summed E-state index contributed by atoms with van der Waals surface area (Å²) >= 11 is 0. The normalized spacial score (nSPS) is 22.2. The van der Waals surface area contributed by atoms with E-state index in [-0.39, 0.29) is 18.9 Å². The molecule has 0 aromatic carbocycles. The van der Waals surface area contributed by atoms with E-state index in [9.17, 15) is 0 Å². The first-order valence-corrected chi connectivity index (χ1v) is 3.59. The number of rotatable bonds is 2. The van der Waals surface area contributed by atoms with Gasteiger partial charge >= 0.3 is 18.9 Å². The molecule has 0 unspecified atom stereocenters. The third kappa shape index (κ3) is 2.63. The number of hydrogen-bond acceptors (Lipinski definition) is 1. The van der Waals surface area contributed by atoms with Gasteiger partial charge in [-0.2, -0.15) is 0 Å². The number of methoxy groups -OCH3 is 1.